The van der Waals surface area contributed by atoms with Crippen molar-refractivity contribution in [2.45, 2.75) is 26.9 Å². The number of hydrogen-bond donors (Lipinski definition) is 1. The normalized spacial score (nSPS) is 12.1. The molecule has 1 heterocycles. The summed E-state index contributed by atoms with van der Waals surface area (Å²) >= 11 is 0. The Labute approximate surface area is 141 Å². The molecule has 0 aliphatic heterocycles. The van der Waals surface area contributed by atoms with Crippen molar-refractivity contribution in [3.63, 3.8) is 0 Å². The Morgan fingerprint density at radius 3 is 2.20 bits per heavy atom. The summed E-state index contributed by atoms with van der Waals surface area (Å²) < 4.78 is 41.5. The maximum atomic E-state index is 12.4. The van der Waals surface area contributed by atoms with Crippen LogP contribution in [0.5, 0.6) is 0 Å². The van der Waals surface area contributed by atoms with Gasteiger partial charge in [-0.1, -0.05) is 50.2 Å². The third kappa shape index (κ3) is 4.65. The topological polar surface area (TPSA) is 85.1 Å². The van der Waals surface area contributed by atoms with Gasteiger partial charge in [0.25, 0.3) is 0 Å². The van der Waals surface area contributed by atoms with E-state index in [4.69, 9.17) is 0 Å². The lowest BCUT2D eigenvalue weighted by molar-refractivity contribution is -0.159. The maximum Gasteiger partial charge on any atom is 0.471 e. The SMILES string of the molecule is CC(C)(C)C(=O)NCC(=O)c1ccc(-c2noc(C(F)(F)F)n2)cc1. The van der Waals surface area contributed by atoms with Crippen LogP contribution in [-0.4, -0.2) is 28.4 Å². The first-order valence-corrected chi connectivity index (χ1v) is 7.31. The summed E-state index contributed by atoms with van der Waals surface area (Å²) in [5.74, 6) is -2.25. The van der Waals surface area contributed by atoms with Crippen LogP contribution in [0.1, 0.15) is 37.0 Å². The zero-order valence-electron chi connectivity index (χ0n) is 13.8. The van der Waals surface area contributed by atoms with E-state index in [1.807, 2.05) is 0 Å². The van der Waals surface area contributed by atoms with Crippen LogP contribution >= 0.6 is 0 Å². The minimum Gasteiger partial charge on any atom is -0.348 e. The molecule has 6 nitrogen and oxygen atoms in total. The summed E-state index contributed by atoms with van der Waals surface area (Å²) in [4.78, 5) is 27.1. The number of benzene rings is 1. The number of amides is 1. The molecule has 2 rings (SSSR count). The van der Waals surface area contributed by atoms with Gasteiger partial charge in [-0.25, -0.2) is 0 Å². The molecule has 1 aromatic carbocycles. The quantitative estimate of drug-likeness (QED) is 0.852. The molecular formula is C16H16F3N3O3. The number of alkyl halides is 3. The summed E-state index contributed by atoms with van der Waals surface area (Å²) in [5, 5.41) is 5.80. The third-order valence-electron chi connectivity index (χ3n) is 3.22. The molecule has 134 valence electrons. The van der Waals surface area contributed by atoms with Gasteiger partial charge in [0.2, 0.25) is 11.7 Å². The predicted molar refractivity (Wildman–Crippen MR) is 81.5 cm³/mol. The first-order chi connectivity index (χ1) is 11.5. The van der Waals surface area contributed by atoms with E-state index in [9.17, 15) is 22.8 Å². The molecule has 0 bridgehead atoms. The van der Waals surface area contributed by atoms with Crippen molar-refractivity contribution in [1.82, 2.24) is 15.5 Å². The van der Waals surface area contributed by atoms with Gasteiger partial charge < -0.3 is 9.84 Å². The van der Waals surface area contributed by atoms with Gasteiger partial charge in [0.1, 0.15) is 0 Å². The molecule has 1 aromatic heterocycles. The minimum atomic E-state index is -4.72. The van der Waals surface area contributed by atoms with Crippen LogP contribution in [0.3, 0.4) is 0 Å². The lowest BCUT2D eigenvalue weighted by atomic mass is 9.95. The summed E-state index contributed by atoms with van der Waals surface area (Å²) in [6, 6.07) is 5.66. The largest absolute Gasteiger partial charge is 0.471 e. The number of hydrogen-bond acceptors (Lipinski definition) is 5. The van der Waals surface area contributed by atoms with E-state index >= 15 is 0 Å². The zero-order chi connectivity index (χ0) is 18.8. The van der Waals surface area contributed by atoms with Crippen LogP contribution in [0, 0.1) is 5.41 Å². The average molecular weight is 355 g/mol. The van der Waals surface area contributed by atoms with E-state index in [1.165, 1.54) is 24.3 Å². The van der Waals surface area contributed by atoms with Gasteiger partial charge >= 0.3 is 12.1 Å². The van der Waals surface area contributed by atoms with Gasteiger partial charge in [-0.05, 0) is 0 Å². The van der Waals surface area contributed by atoms with E-state index in [-0.39, 0.29) is 29.6 Å². The highest BCUT2D eigenvalue weighted by Gasteiger charge is 2.38. The second kappa shape index (κ2) is 6.66. The molecule has 0 atom stereocenters. The molecule has 0 radical (unpaired) electrons. The van der Waals surface area contributed by atoms with Crippen molar-refractivity contribution in [3.05, 3.63) is 35.7 Å². The Morgan fingerprint density at radius 2 is 1.72 bits per heavy atom. The van der Waals surface area contributed by atoms with E-state index < -0.39 is 17.5 Å². The molecule has 25 heavy (non-hydrogen) atoms. The summed E-state index contributed by atoms with van der Waals surface area (Å²) in [5.41, 5.74) is -0.0362. The van der Waals surface area contributed by atoms with Crippen molar-refractivity contribution in [2.75, 3.05) is 6.54 Å². The number of nitrogens with zero attached hydrogens (tertiary/aromatic N) is 2. The van der Waals surface area contributed by atoms with Crippen molar-refractivity contribution in [1.29, 1.82) is 0 Å². The minimum absolute atomic E-state index is 0.171. The molecule has 1 amide bonds. The zero-order valence-corrected chi connectivity index (χ0v) is 13.8. The van der Waals surface area contributed by atoms with Crippen molar-refractivity contribution >= 4 is 11.7 Å². The number of halogens is 3. The summed E-state index contributed by atoms with van der Waals surface area (Å²) in [6.07, 6.45) is -4.72. The Hall–Kier alpha value is -2.71. The fourth-order valence-corrected chi connectivity index (χ4v) is 1.79. The molecular weight excluding hydrogens is 339 g/mol. The number of ketones is 1. The van der Waals surface area contributed by atoms with Crippen molar-refractivity contribution in [2.24, 2.45) is 5.41 Å². The molecule has 9 heteroatoms. The smallest absolute Gasteiger partial charge is 0.348 e. The molecule has 1 N–H and O–H groups in total. The molecule has 0 aliphatic rings. The standard InChI is InChI=1S/C16H16F3N3O3/c1-15(2,3)13(24)20-8-11(23)9-4-6-10(7-5-9)12-21-14(25-22-12)16(17,18)19/h4-7H,8H2,1-3H3,(H,20,24). The first kappa shape index (κ1) is 18.6. The van der Waals surface area contributed by atoms with Gasteiger partial charge in [-0.3, -0.25) is 9.59 Å². The molecule has 0 fully saturated rings. The van der Waals surface area contributed by atoms with Gasteiger partial charge in [0, 0.05) is 16.5 Å². The molecule has 0 aliphatic carbocycles. The van der Waals surface area contributed by atoms with Crippen LogP contribution in [0.4, 0.5) is 13.2 Å². The van der Waals surface area contributed by atoms with Crippen LogP contribution in [0.2, 0.25) is 0 Å². The van der Waals surface area contributed by atoms with Gasteiger partial charge in [0.15, 0.2) is 5.78 Å². The Morgan fingerprint density at radius 1 is 1.12 bits per heavy atom. The number of Topliss-reactive ketones (excluding diaryl/α,β-unsaturated/α-hetero) is 1. The number of nitrogens with one attached hydrogen (secondary N) is 1. The van der Waals surface area contributed by atoms with E-state index in [0.29, 0.717) is 5.56 Å². The molecule has 2 aromatic rings. The number of carbonyl (C=O) groups is 2. The number of carbonyl (C=O) groups excluding carboxylic acids is 2. The maximum absolute atomic E-state index is 12.4. The molecule has 0 saturated carbocycles. The summed E-state index contributed by atoms with van der Waals surface area (Å²) in [6.45, 7) is 5.00. The third-order valence-corrected chi connectivity index (χ3v) is 3.22. The lowest BCUT2D eigenvalue weighted by Crippen LogP contribution is -2.37. The highest BCUT2D eigenvalue weighted by Crippen LogP contribution is 2.29. The lowest BCUT2D eigenvalue weighted by Gasteiger charge is -2.17. The number of aromatic nitrogens is 2. The Balaban J connectivity index is 2.06. The van der Waals surface area contributed by atoms with Crippen LogP contribution < -0.4 is 5.32 Å². The van der Waals surface area contributed by atoms with E-state index in [0.717, 1.165) is 0 Å². The van der Waals surface area contributed by atoms with Crippen molar-refractivity contribution in [3.8, 4) is 11.4 Å². The Bertz CT molecular complexity index is 774. The average Bonchev–Trinajstić information content (AvgIpc) is 3.01. The predicted octanol–water partition coefficient (Wildman–Crippen LogP) is 3.10. The molecule has 0 unspecified atom stereocenters. The molecule has 0 spiro atoms. The highest BCUT2D eigenvalue weighted by atomic mass is 19.4. The second-order valence-corrected chi connectivity index (χ2v) is 6.35. The van der Waals surface area contributed by atoms with Gasteiger partial charge in [0.05, 0.1) is 6.54 Å². The van der Waals surface area contributed by atoms with Gasteiger partial charge in [-0.15, -0.1) is 0 Å². The van der Waals surface area contributed by atoms with Crippen LogP contribution in [0.15, 0.2) is 28.8 Å². The second-order valence-electron chi connectivity index (χ2n) is 6.35. The van der Waals surface area contributed by atoms with Crippen molar-refractivity contribution < 1.29 is 27.3 Å². The van der Waals surface area contributed by atoms with Gasteiger partial charge in [-0.2, -0.15) is 18.2 Å². The van der Waals surface area contributed by atoms with E-state index in [2.05, 4.69) is 20.0 Å². The summed E-state index contributed by atoms with van der Waals surface area (Å²) in [7, 11) is 0. The van der Waals surface area contributed by atoms with E-state index in [1.54, 1.807) is 20.8 Å². The fraction of sp³-hybridized carbons (Fsp3) is 0.375. The fourth-order valence-electron chi connectivity index (χ4n) is 1.79. The first-order valence-electron chi connectivity index (χ1n) is 7.31. The highest BCUT2D eigenvalue weighted by molar-refractivity contribution is 6.00. The van der Waals surface area contributed by atoms with Crippen LogP contribution in [0.25, 0.3) is 11.4 Å². The Kier molecular flexibility index (Phi) is 4.96. The van der Waals surface area contributed by atoms with Crippen LogP contribution in [-0.2, 0) is 11.0 Å². The number of rotatable bonds is 4. The monoisotopic (exact) mass is 355 g/mol. The molecule has 0 saturated heterocycles.